The molecule has 2 aliphatic rings. The lowest BCUT2D eigenvalue weighted by Gasteiger charge is -2.32. The van der Waals surface area contributed by atoms with Crippen molar-refractivity contribution in [3.63, 3.8) is 0 Å². The van der Waals surface area contributed by atoms with Crippen LogP contribution in [0.2, 0.25) is 0 Å². The van der Waals surface area contributed by atoms with Gasteiger partial charge in [-0.2, -0.15) is 0 Å². The number of carbonyl (C=O) groups is 1. The summed E-state index contributed by atoms with van der Waals surface area (Å²) in [5.74, 6) is 1.03. The van der Waals surface area contributed by atoms with Gasteiger partial charge in [-0.05, 0) is 24.6 Å². The molecule has 5 rings (SSSR count). The van der Waals surface area contributed by atoms with Crippen molar-refractivity contribution in [3.8, 4) is 11.5 Å². The van der Waals surface area contributed by atoms with Gasteiger partial charge in [0.2, 0.25) is 0 Å². The van der Waals surface area contributed by atoms with E-state index in [1.165, 1.54) is 0 Å². The first-order chi connectivity index (χ1) is 14.2. The molecule has 0 bridgehead atoms. The van der Waals surface area contributed by atoms with Gasteiger partial charge in [0.25, 0.3) is 5.91 Å². The Labute approximate surface area is 169 Å². The molecule has 3 aromatic rings. The summed E-state index contributed by atoms with van der Waals surface area (Å²) < 4.78 is 17.9. The highest BCUT2D eigenvalue weighted by Gasteiger charge is 2.47. The van der Waals surface area contributed by atoms with E-state index in [0.717, 1.165) is 22.3 Å². The second-order valence-electron chi connectivity index (χ2n) is 7.32. The molecule has 0 spiro atoms. The average Bonchev–Trinajstić information content (AvgIpc) is 3.04. The highest BCUT2D eigenvalue weighted by atomic mass is 16.6. The number of ether oxygens (including phenoxy) is 3. The topological polar surface area (TPSA) is 56.8 Å². The molecule has 29 heavy (non-hydrogen) atoms. The van der Waals surface area contributed by atoms with E-state index in [4.69, 9.17) is 14.2 Å². The predicted octanol–water partition coefficient (Wildman–Crippen LogP) is 3.93. The third kappa shape index (κ3) is 3.04. The predicted molar refractivity (Wildman–Crippen MR) is 108 cm³/mol. The highest BCUT2D eigenvalue weighted by molar-refractivity contribution is 6.01. The molecule has 0 saturated heterocycles. The van der Waals surface area contributed by atoms with Gasteiger partial charge in [0.1, 0.15) is 13.2 Å². The maximum absolute atomic E-state index is 12.9. The summed E-state index contributed by atoms with van der Waals surface area (Å²) in [7, 11) is 0. The van der Waals surface area contributed by atoms with E-state index >= 15 is 0 Å². The van der Waals surface area contributed by atoms with Gasteiger partial charge in [-0.1, -0.05) is 60.2 Å². The van der Waals surface area contributed by atoms with Gasteiger partial charge < -0.3 is 19.5 Å². The van der Waals surface area contributed by atoms with E-state index in [2.05, 4.69) is 5.32 Å². The van der Waals surface area contributed by atoms with E-state index in [9.17, 15) is 4.79 Å². The van der Waals surface area contributed by atoms with Crippen LogP contribution in [0, 0.1) is 6.92 Å². The maximum atomic E-state index is 12.9. The van der Waals surface area contributed by atoms with E-state index in [-0.39, 0.29) is 5.91 Å². The normalized spacial score (nSPS) is 19.6. The molecule has 0 fully saturated rings. The SMILES string of the molecule is Cc1ccc(C2(OCc3ccccc3)NC(=O)c3cc4c(cc32)OCCO4)cc1. The van der Waals surface area contributed by atoms with Gasteiger partial charge in [0.15, 0.2) is 17.2 Å². The van der Waals surface area contributed by atoms with Crippen LogP contribution in [0.15, 0.2) is 66.7 Å². The number of carbonyl (C=O) groups excluding carboxylic acids is 1. The van der Waals surface area contributed by atoms with Crippen LogP contribution in [-0.2, 0) is 17.1 Å². The number of hydrogen-bond donors (Lipinski definition) is 1. The number of aryl methyl sites for hydroxylation is 1. The average molecular weight is 387 g/mol. The molecular weight excluding hydrogens is 366 g/mol. The number of hydrogen-bond acceptors (Lipinski definition) is 4. The standard InChI is InChI=1S/C24H21NO4/c1-16-7-9-18(10-8-16)24(29-15-17-5-3-2-4-6-17)20-14-22-21(27-11-12-28-22)13-19(20)23(26)25-24/h2-10,13-14H,11-12,15H2,1H3,(H,25,26). The fraction of sp³-hybridized carbons (Fsp3) is 0.208. The summed E-state index contributed by atoms with van der Waals surface area (Å²) in [4.78, 5) is 12.9. The third-order valence-electron chi connectivity index (χ3n) is 5.35. The summed E-state index contributed by atoms with van der Waals surface area (Å²) in [6, 6.07) is 21.6. The van der Waals surface area contributed by atoms with Crippen LogP contribution >= 0.6 is 0 Å². The first-order valence-corrected chi connectivity index (χ1v) is 9.67. The highest BCUT2D eigenvalue weighted by Crippen LogP contribution is 2.44. The Hall–Kier alpha value is -3.31. The zero-order valence-electron chi connectivity index (χ0n) is 16.1. The zero-order chi connectivity index (χ0) is 19.8. The molecule has 2 heterocycles. The minimum absolute atomic E-state index is 0.189. The van der Waals surface area contributed by atoms with Crippen LogP contribution in [0.4, 0.5) is 0 Å². The molecule has 1 unspecified atom stereocenters. The van der Waals surface area contributed by atoms with Crippen molar-refractivity contribution < 1.29 is 19.0 Å². The van der Waals surface area contributed by atoms with Crippen molar-refractivity contribution >= 4 is 5.91 Å². The Morgan fingerprint density at radius 1 is 0.966 bits per heavy atom. The molecule has 146 valence electrons. The van der Waals surface area contributed by atoms with Crippen molar-refractivity contribution in [3.05, 3.63) is 94.5 Å². The number of nitrogens with one attached hydrogen (secondary N) is 1. The van der Waals surface area contributed by atoms with Crippen molar-refractivity contribution in [2.45, 2.75) is 19.3 Å². The first-order valence-electron chi connectivity index (χ1n) is 9.67. The van der Waals surface area contributed by atoms with E-state index in [0.29, 0.717) is 36.9 Å². The quantitative estimate of drug-likeness (QED) is 0.737. The van der Waals surface area contributed by atoms with Gasteiger partial charge in [-0.3, -0.25) is 4.79 Å². The number of fused-ring (bicyclic) bond motifs is 2. The Morgan fingerprint density at radius 2 is 1.66 bits per heavy atom. The monoisotopic (exact) mass is 387 g/mol. The van der Waals surface area contributed by atoms with Crippen LogP contribution in [-0.4, -0.2) is 19.1 Å². The summed E-state index contributed by atoms with van der Waals surface area (Å²) >= 11 is 0. The van der Waals surface area contributed by atoms with Crippen LogP contribution < -0.4 is 14.8 Å². The Bertz CT molecular complexity index is 1060. The molecule has 3 aromatic carbocycles. The van der Waals surface area contributed by atoms with Crippen molar-refractivity contribution in [1.82, 2.24) is 5.32 Å². The van der Waals surface area contributed by atoms with Gasteiger partial charge in [-0.15, -0.1) is 0 Å². The lowest BCUT2D eigenvalue weighted by molar-refractivity contribution is -0.0438. The fourth-order valence-corrected chi connectivity index (χ4v) is 3.84. The lowest BCUT2D eigenvalue weighted by Crippen LogP contribution is -2.43. The minimum atomic E-state index is -1.09. The number of rotatable bonds is 4. The fourth-order valence-electron chi connectivity index (χ4n) is 3.84. The number of benzene rings is 3. The summed E-state index contributed by atoms with van der Waals surface area (Å²) in [5, 5.41) is 3.09. The second-order valence-corrected chi connectivity index (χ2v) is 7.32. The molecule has 0 aromatic heterocycles. The Kier molecular flexibility index (Phi) is 4.25. The third-order valence-corrected chi connectivity index (χ3v) is 5.35. The maximum Gasteiger partial charge on any atom is 0.254 e. The molecular formula is C24H21NO4. The lowest BCUT2D eigenvalue weighted by atomic mass is 9.93. The molecule has 5 nitrogen and oxygen atoms in total. The molecule has 0 saturated carbocycles. The van der Waals surface area contributed by atoms with Crippen LogP contribution in [0.25, 0.3) is 0 Å². The van der Waals surface area contributed by atoms with Crippen molar-refractivity contribution in [1.29, 1.82) is 0 Å². The molecule has 1 amide bonds. The smallest absolute Gasteiger partial charge is 0.254 e. The van der Waals surface area contributed by atoms with Crippen LogP contribution in [0.3, 0.4) is 0 Å². The van der Waals surface area contributed by atoms with Crippen molar-refractivity contribution in [2.24, 2.45) is 0 Å². The molecule has 5 heteroatoms. The molecule has 0 aliphatic carbocycles. The van der Waals surface area contributed by atoms with Gasteiger partial charge in [-0.25, -0.2) is 0 Å². The molecule has 1 atom stereocenters. The van der Waals surface area contributed by atoms with Gasteiger partial charge >= 0.3 is 0 Å². The number of amides is 1. The van der Waals surface area contributed by atoms with Crippen molar-refractivity contribution in [2.75, 3.05) is 13.2 Å². The van der Waals surface area contributed by atoms with E-state index < -0.39 is 5.72 Å². The molecule has 2 aliphatic heterocycles. The molecule has 1 N–H and O–H groups in total. The van der Waals surface area contributed by atoms with E-state index in [1.54, 1.807) is 6.07 Å². The zero-order valence-corrected chi connectivity index (χ0v) is 16.1. The van der Waals surface area contributed by atoms with E-state index in [1.807, 2.05) is 67.6 Å². The van der Waals surface area contributed by atoms with Gasteiger partial charge in [0, 0.05) is 11.1 Å². The second kappa shape index (κ2) is 6.94. The summed E-state index contributed by atoms with van der Waals surface area (Å²) in [6.07, 6.45) is 0. The van der Waals surface area contributed by atoms with Crippen LogP contribution in [0.1, 0.15) is 32.6 Å². The summed E-state index contributed by atoms with van der Waals surface area (Å²) in [5.41, 5.74) is 3.22. The minimum Gasteiger partial charge on any atom is -0.486 e. The largest absolute Gasteiger partial charge is 0.486 e. The Balaban J connectivity index is 1.63. The van der Waals surface area contributed by atoms with Crippen LogP contribution in [0.5, 0.6) is 11.5 Å². The Morgan fingerprint density at radius 3 is 2.38 bits per heavy atom. The van der Waals surface area contributed by atoms with Gasteiger partial charge in [0.05, 0.1) is 12.2 Å². The molecule has 0 radical (unpaired) electrons. The summed E-state index contributed by atoms with van der Waals surface area (Å²) in [6.45, 7) is 3.34. The first kappa shape index (κ1) is 17.8.